The summed E-state index contributed by atoms with van der Waals surface area (Å²) in [7, 11) is 0. The third kappa shape index (κ3) is 5.70. The zero-order valence-electron chi connectivity index (χ0n) is 18.9. The summed E-state index contributed by atoms with van der Waals surface area (Å²) in [6.45, 7) is 6.82. The zero-order chi connectivity index (χ0) is 23.4. The third-order valence-corrected chi connectivity index (χ3v) is 5.88. The Morgan fingerprint density at radius 2 is 2.09 bits per heavy atom. The van der Waals surface area contributed by atoms with E-state index in [1.54, 1.807) is 18.2 Å². The van der Waals surface area contributed by atoms with Crippen molar-refractivity contribution >= 4 is 28.3 Å². The fourth-order valence-corrected chi connectivity index (χ4v) is 4.29. The first kappa shape index (κ1) is 22.8. The van der Waals surface area contributed by atoms with E-state index in [1.165, 1.54) is 18.3 Å². The molecule has 172 valence electrons. The Balaban J connectivity index is 1.48. The number of hydrogen-bond acceptors (Lipinski definition) is 6. The minimum Gasteiger partial charge on any atom is -0.493 e. The van der Waals surface area contributed by atoms with Gasteiger partial charge in [0.05, 0.1) is 24.9 Å². The molecule has 33 heavy (non-hydrogen) atoms. The van der Waals surface area contributed by atoms with Crippen molar-refractivity contribution in [2.75, 3.05) is 18.5 Å². The lowest BCUT2D eigenvalue weighted by molar-refractivity contribution is -0.119. The van der Waals surface area contributed by atoms with Crippen LogP contribution in [0.2, 0.25) is 0 Å². The maximum atomic E-state index is 12.7. The van der Waals surface area contributed by atoms with Crippen LogP contribution in [0, 0.1) is 5.92 Å². The van der Waals surface area contributed by atoms with Crippen LogP contribution in [0.15, 0.2) is 47.8 Å². The molecule has 4 rings (SSSR count). The summed E-state index contributed by atoms with van der Waals surface area (Å²) >= 11 is 1.36. The molecule has 1 aliphatic rings. The zero-order valence-corrected chi connectivity index (χ0v) is 19.7. The number of ether oxygens (including phenoxy) is 2. The lowest BCUT2D eigenvalue weighted by atomic mass is 9.97. The maximum absolute atomic E-state index is 12.7. The van der Waals surface area contributed by atoms with Crippen LogP contribution in [0.5, 0.6) is 11.5 Å². The summed E-state index contributed by atoms with van der Waals surface area (Å²) in [4.78, 5) is 28.9. The Kier molecular flexibility index (Phi) is 6.93. The highest BCUT2D eigenvalue weighted by atomic mass is 32.1. The smallest absolute Gasteiger partial charge is 0.257 e. The van der Waals surface area contributed by atoms with E-state index in [0.29, 0.717) is 42.0 Å². The number of nitrogens with zero attached hydrogens (tertiary/aromatic N) is 1. The van der Waals surface area contributed by atoms with Gasteiger partial charge in [-0.1, -0.05) is 19.9 Å². The summed E-state index contributed by atoms with van der Waals surface area (Å²) in [5.74, 6) is 1.53. The Morgan fingerprint density at radius 3 is 2.88 bits per heavy atom. The van der Waals surface area contributed by atoms with Crippen molar-refractivity contribution in [1.82, 2.24) is 10.3 Å². The summed E-state index contributed by atoms with van der Waals surface area (Å²) in [6.07, 6.45) is 0.717. The third-order valence-electron chi connectivity index (χ3n) is 5.13. The Labute approximate surface area is 197 Å². The van der Waals surface area contributed by atoms with Gasteiger partial charge < -0.3 is 14.8 Å². The molecule has 2 N–H and O–H groups in total. The first-order valence-electron chi connectivity index (χ1n) is 10.9. The van der Waals surface area contributed by atoms with Crippen molar-refractivity contribution in [2.45, 2.75) is 33.2 Å². The van der Waals surface area contributed by atoms with Crippen LogP contribution in [-0.2, 0) is 4.79 Å². The summed E-state index contributed by atoms with van der Waals surface area (Å²) in [6, 6.07) is 12.9. The number of hydrogen-bond donors (Lipinski definition) is 2. The van der Waals surface area contributed by atoms with Crippen LogP contribution < -0.4 is 20.1 Å². The van der Waals surface area contributed by atoms with Gasteiger partial charge in [0.15, 0.2) is 5.13 Å². The minimum atomic E-state index is -0.240. The molecule has 0 bridgehead atoms. The second-order valence-electron chi connectivity index (χ2n) is 8.37. The number of rotatable bonds is 7. The van der Waals surface area contributed by atoms with Crippen molar-refractivity contribution in [3.8, 4) is 22.8 Å². The molecular weight excluding hydrogens is 438 g/mol. The molecule has 0 fully saturated rings. The Bertz CT molecular complexity index is 1160. The highest BCUT2D eigenvalue weighted by molar-refractivity contribution is 7.14. The molecule has 7 nitrogen and oxygen atoms in total. The number of anilines is 1. The molecular formula is C25H27N3O4S. The van der Waals surface area contributed by atoms with E-state index in [2.05, 4.69) is 29.5 Å². The van der Waals surface area contributed by atoms with Crippen LogP contribution in [0.25, 0.3) is 11.3 Å². The van der Waals surface area contributed by atoms with E-state index in [0.717, 1.165) is 22.6 Å². The monoisotopic (exact) mass is 465 g/mol. The van der Waals surface area contributed by atoms with Crippen molar-refractivity contribution < 1.29 is 19.1 Å². The van der Waals surface area contributed by atoms with Crippen molar-refractivity contribution in [3.05, 3.63) is 59.0 Å². The first-order chi connectivity index (χ1) is 15.9. The van der Waals surface area contributed by atoms with Gasteiger partial charge in [-0.05, 0) is 42.3 Å². The van der Waals surface area contributed by atoms with E-state index >= 15 is 0 Å². The molecule has 0 saturated carbocycles. The van der Waals surface area contributed by atoms with Crippen LogP contribution in [0.4, 0.5) is 5.13 Å². The van der Waals surface area contributed by atoms with Gasteiger partial charge >= 0.3 is 0 Å². The van der Waals surface area contributed by atoms with Gasteiger partial charge in [0.1, 0.15) is 11.5 Å². The quantitative estimate of drug-likeness (QED) is 0.509. The van der Waals surface area contributed by atoms with Crippen LogP contribution >= 0.6 is 11.3 Å². The molecule has 0 radical (unpaired) electrons. The normalized spacial score (nSPS) is 14.8. The highest BCUT2D eigenvalue weighted by Crippen LogP contribution is 2.36. The predicted octanol–water partition coefficient (Wildman–Crippen LogP) is 5.06. The first-order valence-corrected chi connectivity index (χ1v) is 11.8. The molecule has 1 unspecified atom stereocenters. The maximum Gasteiger partial charge on any atom is 0.257 e. The number of nitrogens with one attached hydrogen (secondary N) is 2. The molecule has 2 aromatic carbocycles. The lowest BCUT2D eigenvalue weighted by Gasteiger charge is -2.26. The Hall–Kier alpha value is -3.39. The van der Waals surface area contributed by atoms with Gasteiger partial charge in [-0.2, -0.15) is 0 Å². The largest absolute Gasteiger partial charge is 0.493 e. The Morgan fingerprint density at radius 1 is 1.24 bits per heavy atom. The van der Waals surface area contributed by atoms with E-state index in [4.69, 9.17) is 9.47 Å². The molecule has 3 aromatic rings. The van der Waals surface area contributed by atoms with E-state index in [-0.39, 0.29) is 17.9 Å². The van der Waals surface area contributed by atoms with E-state index in [1.807, 2.05) is 29.6 Å². The molecule has 1 aliphatic heterocycles. The predicted molar refractivity (Wildman–Crippen MR) is 129 cm³/mol. The topological polar surface area (TPSA) is 89.6 Å². The lowest BCUT2D eigenvalue weighted by Crippen LogP contribution is -2.30. The number of aromatic nitrogens is 1. The second-order valence-corrected chi connectivity index (χ2v) is 9.23. The molecule has 0 saturated heterocycles. The fourth-order valence-electron chi connectivity index (χ4n) is 3.57. The number of thiazole rings is 1. The number of carbonyl (C=O) groups is 2. The number of amides is 2. The van der Waals surface area contributed by atoms with Gasteiger partial charge in [0.2, 0.25) is 5.91 Å². The van der Waals surface area contributed by atoms with Crippen LogP contribution in [-0.4, -0.2) is 30.0 Å². The van der Waals surface area contributed by atoms with Crippen LogP contribution in [0.3, 0.4) is 0 Å². The number of fused-ring (bicyclic) bond motifs is 1. The molecule has 0 aliphatic carbocycles. The number of carbonyl (C=O) groups excluding carboxylic acids is 2. The molecule has 1 atom stereocenters. The fraction of sp³-hybridized carbons (Fsp3) is 0.320. The van der Waals surface area contributed by atoms with Crippen molar-refractivity contribution in [2.24, 2.45) is 5.92 Å². The molecule has 2 amide bonds. The van der Waals surface area contributed by atoms with E-state index < -0.39 is 0 Å². The average Bonchev–Trinajstić information content (AvgIpc) is 3.26. The molecule has 1 aromatic heterocycles. The van der Waals surface area contributed by atoms with E-state index in [9.17, 15) is 9.59 Å². The highest BCUT2D eigenvalue weighted by Gasteiger charge is 2.23. The van der Waals surface area contributed by atoms with Gasteiger partial charge in [0.25, 0.3) is 5.91 Å². The SMILES string of the molecule is CC(=O)NC1CCOc2ccc(-c3csc(NC(=O)c4cccc(OCC(C)C)c4)n3)cc21. The minimum absolute atomic E-state index is 0.0735. The van der Waals surface area contributed by atoms with Crippen LogP contribution in [0.1, 0.15) is 49.2 Å². The average molecular weight is 466 g/mol. The van der Waals surface area contributed by atoms with Gasteiger partial charge in [-0.3, -0.25) is 14.9 Å². The molecule has 2 heterocycles. The summed E-state index contributed by atoms with van der Waals surface area (Å²) in [5, 5.41) is 8.26. The van der Waals surface area contributed by atoms with Gasteiger partial charge in [-0.25, -0.2) is 4.98 Å². The van der Waals surface area contributed by atoms with Crippen molar-refractivity contribution in [3.63, 3.8) is 0 Å². The van der Waals surface area contributed by atoms with Crippen molar-refractivity contribution in [1.29, 1.82) is 0 Å². The molecule has 8 heteroatoms. The second kappa shape index (κ2) is 10.0. The summed E-state index contributed by atoms with van der Waals surface area (Å²) < 4.78 is 11.5. The van der Waals surface area contributed by atoms with Gasteiger partial charge in [0, 0.05) is 35.4 Å². The summed E-state index contributed by atoms with van der Waals surface area (Å²) in [5.41, 5.74) is 3.09. The number of benzene rings is 2. The standard InChI is InChI=1S/C25H27N3O4S/c1-15(2)13-32-19-6-4-5-18(11-19)24(30)28-25-27-22(14-33-25)17-7-8-23-20(12-17)21(9-10-31-23)26-16(3)29/h4-8,11-12,14-15,21H,9-10,13H2,1-3H3,(H,26,29)(H,27,28,30). The van der Waals surface area contributed by atoms with Gasteiger partial charge in [-0.15, -0.1) is 11.3 Å². The molecule has 0 spiro atoms.